The molecule has 144 valence electrons. The maximum atomic E-state index is 15.2. The Bertz CT molecular complexity index is 1100. The Kier molecular flexibility index (Phi) is 4.31. The molecule has 0 spiro atoms. The van der Waals surface area contributed by atoms with Crippen LogP contribution in [0.2, 0.25) is 0 Å². The first-order chi connectivity index (χ1) is 13.0. The van der Waals surface area contributed by atoms with Crippen molar-refractivity contribution in [3.05, 3.63) is 45.6 Å². The normalized spacial score (nSPS) is 16.0. The predicted octanol–water partition coefficient (Wildman–Crippen LogP) is 3.93. The maximum Gasteiger partial charge on any atom is 0.421 e. The number of aromatic nitrogens is 2. The molecule has 0 radical (unpaired) electrons. The summed E-state index contributed by atoms with van der Waals surface area (Å²) >= 11 is 0. The molecule has 0 bridgehead atoms. The van der Waals surface area contributed by atoms with Gasteiger partial charge in [-0.05, 0) is 19.9 Å². The van der Waals surface area contributed by atoms with Gasteiger partial charge in [0.1, 0.15) is 11.4 Å². The molecule has 0 saturated heterocycles. The molecule has 0 unspecified atom stereocenters. The number of allylic oxidation sites excluding steroid dienone is 4. The second-order valence-corrected chi connectivity index (χ2v) is 6.40. The monoisotopic (exact) mass is 390 g/mol. The molecule has 10 heteroatoms. The molecule has 0 aliphatic carbocycles. The first kappa shape index (κ1) is 19.2. The Labute approximate surface area is 157 Å². The van der Waals surface area contributed by atoms with Gasteiger partial charge in [0.2, 0.25) is 0 Å². The van der Waals surface area contributed by atoms with E-state index in [0.717, 1.165) is 6.07 Å². The summed E-state index contributed by atoms with van der Waals surface area (Å²) in [5.74, 6) is -3.10. The smallest absolute Gasteiger partial charge is 0.382 e. The number of nitrogens with one attached hydrogen (secondary N) is 1. The molecular weight excluding hydrogens is 376 g/mol. The number of halogens is 4. The van der Waals surface area contributed by atoms with E-state index >= 15 is 4.39 Å². The maximum absolute atomic E-state index is 15.2. The van der Waals surface area contributed by atoms with E-state index in [1.165, 1.54) is 0 Å². The third kappa shape index (κ3) is 2.57. The summed E-state index contributed by atoms with van der Waals surface area (Å²) in [5.41, 5.74) is 3.85. The molecule has 0 fully saturated rings. The highest BCUT2D eigenvalue weighted by Gasteiger charge is 2.42. The fraction of sp³-hybridized carbons (Fsp3) is 0.278. The van der Waals surface area contributed by atoms with Gasteiger partial charge in [0.15, 0.2) is 5.82 Å². The third-order valence-electron chi connectivity index (χ3n) is 5.05. The van der Waals surface area contributed by atoms with E-state index in [0.29, 0.717) is 11.4 Å². The minimum atomic E-state index is -5.04. The van der Waals surface area contributed by atoms with Crippen molar-refractivity contribution in [3.8, 4) is 12.1 Å². The van der Waals surface area contributed by atoms with Crippen molar-refractivity contribution in [1.82, 2.24) is 15.1 Å². The standard InChI is InChI=1S/C18H14F4N6/c1-7-11(5-23)13(12(6-24)8(2)28(7)3)9-4-10-16(26-27-17(10)25)14(15(9)19)18(20,21)22/h4,13H,1-3H3,(H3,25,26,27). The summed E-state index contributed by atoms with van der Waals surface area (Å²) in [6.45, 7) is 3.16. The second kappa shape index (κ2) is 6.27. The van der Waals surface area contributed by atoms with E-state index in [2.05, 4.69) is 10.2 Å². The molecule has 0 atom stereocenters. The number of rotatable bonds is 1. The van der Waals surface area contributed by atoms with Crippen LogP contribution in [0, 0.1) is 28.5 Å². The van der Waals surface area contributed by atoms with Gasteiger partial charge in [0, 0.05) is 29.4 Å². The Morgan fingerprint density at radius 2 is 1.71 bits per heavy atom. The number of fused-ring (bicyclic) bond motifs is 1. The van der Waals surface area contributed by atoms with Gasteiger partial charge in [-0.3, -0.25) is 5.10 Å². The summed E-state index contributed by atoms with van der Waals surface area (Å²) in [6, 6.07) is 4.93. The number of hydrogen-bond acceptors (Lipinski definition) is 5. The van der Waals surface area contributed by atoms with Crippen molar-refractivity contribution in [3.63, 3.8) is 0 Å². The molecule has 2 aromatic rings. The second-order valence-electron chi connectivity index (χ2n) is 6.40. The van der Waals surface area contributed by atoms with Gasteiger partial charge in [-0.15, -0.1) is 0 Å². The van der Waals surface area contributed by atoms with E-state index in [9.17, 15) is 23.7 Å². The van der Waals surface area contributed by atoms with Crippen LogP contribution in [0.5, 0.6) is 0 Å². The fourth-order valence-corrected chi connectivity index (χ4v) is 3.43. The molecule has 6 nitrogen and oxygen atoms in total. The zero-order valence-corrected chi connectivity index (χ0v) is 15.0. The van der Waals surface area contributed by atoms with Crippen LogP contribution in [0.15, 0.2) is 28.6 Å². The minimum absolute atomic E-state index is 0.0157. The van der Waals surface area contributed by atoms with Crippen LogP contribution in [0.3, 0.4) is 0 Å². The number of aromatic amines is 1. The van der Waals surface area contributed by atoms with Gasteiger partial charge in [0.05, 0.1) is 34.7 Å². The van der Waals surface area contributed by atoms with E-state index in [4.69, 9.17) is 5.73 Å². The number of nitrogens with zero attached hydrogens (tertiary/aromatic N) is 4. The number of nitriles is 2. The van der Waals surface area contributed by atoms with Crippen LogP contribution >= 0.6 is 0 Å². The SMILES string of the molecule is CC1=C(C#N)C(c2cc3c(N)n[nH]c3c(C(F)(F)F)c2F)C(C#N)=C(C)N1C. The van der Waals surface area contributed by atoms with Gasteiger partial charge in [-0.1, -0.05) is 0 Å². The predicted molar refractivity (Wildman–Crippen MR) is 92.6 cm³/mol. The van der Waals surface area contributed by atoms with Crippen molar-refractivity contribution in [2.75, 3.05) is 12.8 Å². The fourth-order valence-electron chi connectivity index (χ4n) is 3.43. The Hall–Kier alpha value is -3.53. The summed E-state index contributed by atoms with van der Waals surface area (Å²) in [6.07, 6.45) is -5.04. The number of benzene rings is 1. The number of nitrogens with two attached hydrogens (primary N) is 1. The number of nitrogen functional groups attached to an aromatic ring is 1. The average molecular weight is 390 g/mol. The molecule has 2 heterocycles. The molecule has 1 aromatic carbocycles. The van der Waals surface area contributed by atoms with Crippen molar-refractivity contribution < 1.29 is 17.6 Å². The zero-order chi connectivity index (χ0) is 21.0. The van der Waals surface area contributed by atoms with E-state index in [-0.39, 0.29) is 22.4 Å². The van der Waals surface area contributed by atoms with Gasteiger partial charge in [0.25, 0.3) is 0 Å². The summed E-state index contributed by atoms with van der Waals surface area (Å²) in [4.78, 5) is 1.57. The molecule has 28 heavy (non-hydrogen) atoms. The molecule has 0 amide bonds. The lowest BCUT2D eigenvalue weighted by Crippen LogP contribution is -2.26. The topological polar surface area (TPSA) is 106 Å². The Balaban J connectivity index is 2.47. The van der Waals surface area contributed by atoms with Gasteiger partial charge in [-0.25, -0.2) is 4.39 Å². The number of hydrogen-bond donors (Lipinski definition) is 2. The van der Waals surface area contributed by atoms with E-state index in [1.54, 1.807) is 25.8 Å². The van der Waals surface area contributed by atoms with Crippen molar-refractivity contribution in [2.45, 2.75) is 25.9 Å². The molecular formula is C18H14F4N6. The largest absolute Gasteiger partial charge is 0.421 e. The quantitative estimate of drug-likeness (QED) is 0.718. The van der Waals surface area contributed by atoms with Crippen molar-refractivity contribution in [1.29, 1.82) is 10.5 Å². The van der Waals surface area contributed by atoms with Gasteiger partial charge >= 0.3 is 6.18 Å². The third-order valence-corrected chi connectivity index (χ3v) is 5.05. The molecule has 1 aliphatic rings. The average Bonchev–Trinajstić information content (AvgIpc) is 2.98. The van der Waals surface area contributed by atoms with Gasteiger partial charge in [-0.2, -0.15) is 28.8 Å². The summed E-state index contributed by atoms with van der Waals surface area (Å²) in [5, 5.41) is 24.7. The Morgan fingerprint density at radius 3 is 2.18 bits per heavy atom. The van der Waals surface area contributed by atoms with Gasteiger partial charge < -0.3 is 10.6 Å². The number of alkyl halides is 3. The Morgan fingerprint density at radius 1 is 1.18 bits per heavy atom. The number of anilines is 1. The van der Waals surface area contributed by atoms with Crippen LogP contribution in [-0.2, 0) is 6.18 Å². The molecule has 3 rings (SSSR count). The summed E-state index contributed by atoms with van der Waals surface area (Å²) in [7, 11) is 1.62. The molecule has 3 N–H and O–H groups in total. The number of H-pyrrole nitrogens is 1. The molecule has 0 saturated carbocycles. The summed E-state index contributed by atoms with van der Waals surface area (Å²) < 4.78 is 56.0. The van der Waals surface area contributed by atoms with Crippen molar-refractivity contribution in [2.24, 2.45) is 0 Å². The lowest BCUT2D eigenvalue weighted by atomic mass is 9.79. The highest BCUT2D eigenvalue weighted by molar-refractivity contribution is 5.92. The van der Waals surface area contributed by atoms with Crippen LogP contribution in [-0.4, -0.2) is 22.1 Å². The highest BCUT2D eigenvalue weighted by Crippen LogP contribution is 2.46. The van der Waals surface area contributed by atoms with Crippen LogP contribution in [0.25, 0.3) is 10.9 Å². The highest BCUT2D eigenvalue weighted by atomic mass is 19.4. The first-order valence-corrected chi connectivity index (χ1v) is 8.03. The lowest BCUT2D eigenvalue weighted by molar-refractivity contribution is -0.138. The first-order valence-electron chi connectivity index (χ1n) is 8.03. The minimum Gasteiger partial charge on any atom is -0.382 e. The van der Waals surface area contributed by atoms with Crippen LogP contribution in [0.4, 0.5) is 23.4 Å². The van der Waals surface area contributed by atoms with E-state index < -0.39 is 34.6 Å². The van der Waals surface area contributed by atoms with E-state index in [1.807, 2.05) is 12.1 Å². The zero-order valence-electron chi connectivity index (χ0n) is 15.0. The van der Waals surface area contributed by atoms with Crippen LogP contribution in [0.1, 0.15) is 30.9 Å². The molecule has 1 aliphatic heterocycles. The lowest BCUT2D eigenvalue weighted by Gasteiger charge is -2.33. The van der Waals surface area contributed by atoms with Crippen molar-refractivity contribution >= 4 is 16.7 Å². The molecule has 1 aromatic heterocycles. The van der Waals surface area contributed by atoms with Crippen LogP contribution < -0.4 is 5.73 Å².